The molecule has 0 amide bonds. The minimum Gasteiger partial charge on any atom is -0.398 e. The van der Waals surface area contributed by atoms with Crippen molar-refractivity contribution in [3.63, 3.8) is 0 Å². The maximum atomic E-state index is 6.04. The maximum absolute atomic E-state index is 6.04. The molecule has 2 heterocycles. The molecule has 106 valence electrons. The lowest BCUT2D eigenvalue weighted by Crippen LogP contribution is -2.30. The van der Waals surface area contributed by atoms with Gasteiger partial charge in [0.05, 0.1) is 6.20 Å². The number of hydrogen-bond acceptors (Lipinski definition) is 3. The van der Waals surface area contributed by atoms with Gasteiger partial charge in [-0.2, -0.15) is 5.10 Å². The van der Waals surface area contributed by atoms with Crippen LogP contribution < -0.4 is 5.73 Å². The van der Waals surface area contributed by atoms with Crippen LogP contribution in [0.25, 0.3) is 0 Å². The zero-order valence-electron chi connectivity index (χ0n) is 12.0. The zero-order valence-corrected chi connectivity index (χ0v) is 12.0. The van der Waals surface area contributed by atoms with Crippen LogP contribution in [0.3, 0.4) is 0 Å². The Labute approximate surface area is 120 Å². The van der Waals surface area contributed by atoms with Crippen molar-refractivity contribution >= 4 is 5.69 Å². The van der Waals surface area contributed by atoms with E-state index < -0.39 is 0 Å². The largest absolute Gasteiger partial charge is 0.398 e. The molecule has 0 radical (unpaired) electrons. The molecule has 0 aliphatic carbocycles. The van der Waals surface area contributed by atoms with Gasteiger partial charge in [0.1, 0.15) is 0 Å². The third kappa shape index (κ3) is 2.70. The fourth-order valence-corrected chi connectivity index (χ4v) is 2.93. The van der Waals surface area contributed by atoms with E-state index >= 15 is 0 Å². The number of nitrogens with two attached hydrogens (primary N) is 1. The molecule has 1 aromatic carbocycles. The Bertz CT molecular complexity index is 588. The normalized spacial score (nSPS) is 15.2. The molecule has 0 fully saturated rings. The van der Waals surface area contributed by atoms with E-state index in [2.05, 4.69) is 35.3 Å². The predicted molar refractivity (Wildman–Crippen MR) is 81.2 cm³/mol. The van der Waals surface area contributed by atoms with Crippen molar-refractivity contribution in [2.75, 3.05) is 12.3 Å². The molecule has 4 heteroatoms. The Morgan fingerprint density at radius 3 is 3.10 bits per heavy atom. The van der Waals surface area contributed by atoms with Gasteiger partial charge in [0.2, 0.25) is 0 Å². The maximum Gasteiger partial charge on any atom is 0.0534 e. The number of rotatable bonds is 4. The Balaban J connectivity index is 1.68. The van der Waals surface area contributed by atoms with Crippen LogP contribution in [0.5, 0.6) is 0 Å². The van der Waals surface area contributed by atoms with Gasteiger partial charge in [-0.05, 0) is 30.0 Å². The first-order chi connectivity index (χ1) is 9.76. The van der Waals surface area contributed by atoms with Gasteiger partial charge in [0.25, 0.3) is 0 Å². The van der Waals surface area contributed by atoms with Crippen LogP contribution in [-0.2, 0) is 26.1 Å². The lowest BCUT2D eigenvalue weighted by molar-refractivity contribution is 0.246. The van der Waals surface area contributed by atoms with Crippen LogP contribution in [0.15, 0.2) is 30.6 Å². The van der Waals surface area contributed by atoms with E-state index in [9.17, 15) is 0 Å². The van der Waals surface area contributed by atoms with Gasteiger partial charge in [-0.1, -0.05) is 19.1 Å². The van der Waals surface area contributed by atoms with Crippen molar-refractivity contribution < 1.29 is 0 Å². The van der Waals surface area contributed by atoms with Gasteiger partial charge in [0.15, 0.2) is 0 Å². The van der Waals surface area contributed by atoms with Gasteiger partial charge in [-0.3, -0.25) is 9.58 Å². The number of fused-ring (bicyclic) bond motifs is 1. The molecule has 20 heavy (non-hydrogen) atoms. The highest BCUT2D eigenvalue weighted by molar-refractivity contribution is 5.51. The number of nitrogen functional groups attached to an aromatic ring is 1. The van der Waals surface area contributed by atoms with E-state index in [1.165, 1.54) is 16.7 Å². The fraction of sp³-hybridized carbons (Fsp3) is 0.438. The van der Waals surface area contributed by atoms with E-state index in [0.29, 0.717) is 0 Å². The van der Waals surface area contributed by atoms with Crippen LogP contribution >= 0.6 is 0 Å². The van der Waals surface area contributed by atoms with Crippen LogP contribution in [0.2, 0.25) is 0 Å². The summed E-state index contributed by atoms with van der Waals surface area (Å²) >= 11 is 0. The Morgan fingerprint density at radius 1 is 1.35 bits per heavy atom. The monoisotopic (exact) mass is 270 g/mol. The molecule has 0 atom stereocenters. The summed E-state index contributed by atoms with van der Waals surface area (Å²) in [6, 6.07) is 6.25. The van der Waals surface area contributed by atoms with Crippen molar-refractivity contribution in [2.24, 2.45) is 0 Å². The Hall–Kier alpha value is -1.81. The number of aryl methyl sites for hydroxylation is 1. The third-order valence-electron chi connectivity index (χ3n) is 3.93. The van der Waals surface area contributed by atoms with Gasteiger partial charge >= 0.3 is 0 Å². The molecule has 1 aliphatic heterocycles. The van der Waals surface area contributed by atoms with Crippen LogP contribution in [-0.4, -0.2) is 21.2 Å². The van der Waals surface area contributed by atoms with E-state index in [1.807, 2.05) is 16.9 Å². The molecule has 1 aromatic heterocycles. The summed E-state index contributed by atoms with van der Waals surface area (Å²) in [7, 11) is 0. The predicted octanol–water partition coefficient (Wildman–Crippen LogP) is 2.43. The third-order valence-corrected chi connectivity index (χ3v) is 3.93. The van der Waals surface area contributed by atoms with Crippen molar-refractivity contribution in [1.82, 2.24) is 14.7 Å². The molecule has 0 spiro atoms. The second-order valence-electron chi connectivity index (χ2n) is 5.56. The summed E-state index contributed by atoms with van der Waals surface area (Å²) in [5, 5.41) is 4.40. The highest BCUT2D eigenvalue weighted by Crippen LogP contribution is 2.24. The zero-order chi connectivity index (χ0) is 13.9. The average Bonchev–Trinajstić information content (AvgIpc) is 2.87. The fourth-order valence-electron chi connectivity index (χ4n) is 2.93. The summed E-state index contributed by atoms with van der Waals surface area (Å²) < 4.78 is 2.03. The first-order valence-corrected chi connectivity index (χ1v) is 7.36. The summed E-state index contributed by atoms with van der Waals surface area (Å²) in [5.74, 6) is 0. The molecular weight excluding hydrogens is 248 g/mol. The summed E-state index contributed by atoms with van der Waals surface area (Å²) in [6.45, 7) is 6.20. The summed E-state index contributed by atoms with van der Waals surface area (Å²) in [6.07, 6.45) is 6.32. The molecule has 4 nitrogen and oxygen atoms in total. The molecule has 1 aliphatic rings. The number of benzene rings is 1. The van der Waals surface area contributed by atoms with E-state index in [4.69, 9.17) is 5.73 Å². The highest BCUT2D eigenvalue weighted by atomic mass is 15.3. The second-order valence-corrected chi connectivity index (χ2v) is 5.56. The first kappa shape index (κ1) is 13.2. The Kier molecular flexibility index (Phi) is 3.74. The molecule has 0 bridgehead atoms. The quantitative estimate of drug-likeness (QED) is 0.868. The number of anilines is 1. The Morgan fingerprint density at radius 2 is 2.25 bits per heavy atom. The molecule has 0 saturated heterocycles. The highest BCUT2D eigenvalue weighted by Gasteiger charge is 2.18. The lowest BCUT2D eigenvalue weighted by atomic mass is 9.98. The van der Waals surface area contributed by atoms with E-state index in [0.717, 1.165) is 44.7 Å². The SMILES string of the molecule is CCCn1cc(CN2CCc3c(N)cccc3C2)cn1. The van der Waals surface area contributed by atoms with Crippen molar-refractivity contribution in [3.8, 4) is 0 Å². The molecule has 2 aromatic rings. The standard InChI is InChI=1S/C16H22N4/c1-2-7-20-11-13(9-18-20)10-19-8-6-15-14(12-19)4-3-5-16(15)17/h3-5,9,11H,2,6-8,10,12,17H2,1H3. The molecule has 2 N–H and O–H groups in total. The summed E-state index contributed by atoms with van der Waals surface area (Å²) in [4.78, 5) is 2.47. The van der Waals surface area contributed by atoms with Gasteiger partial charge in [-0.25, -0.2) is 0 Å². The first-order valence-electron chi connectivity index (χ1n) is 7.36. The topological polar surface area (TPSA) is 47.1 Å². The molecule has 0 unspecified atom stereocenters. The van der Waals surface area contributed by atoms with Gasteiger partial charge in [0, 0.05) is 43.6 Å². The number of nitrogens with zero attached hydrogens (tertiary/aromatic N) is 3. The van der Waals surface area contributed by atoms with Gasteiger partial charge in [-0.15, -0.1) is 0 Å². The lowest BCUT2D eigenvalue weighted by Gasteiger charge is -2.29. The summed E-state index contributed by atoms with van der Waals surface area (Å²) in [5.41, 5.74) is 11.0. The van der Waals surface area contributed by atoms with Gasteiger partial charge < -0.3 is 5.73 Å². The van der Waals surface area contributed by atoms with Crippen molar-refractivity contribution in [2.45, 2.75) is 39.4 Å². The van der Waals surface area contributed by atoms with Crippen LogP contribution in [0, 0.1) is 0 Å². The minimum absolute atomic E-state index is 0.943. The van der Waals surface area contributed by atoms with Crippen LogP contribution in [0.1, 0.15) is 30.0 Å². The molecule has 3 rings (SSSR count). The van der Waals surface area contributed by atoms with Crippen molar-refractivity contribution in [1.29, 1.82) is 0 Å². The molecule has 0 saturated carbocycles. The smallest absolute Gasteiger partial charge is 0.0534 e. The molecular formula is C16H22N4. The van der Waals surface area contributed by atoms with Crippen LogP contribution in [0.4, 0.5) is 5.69 Å². The van der Waals surface area contributed by atoms with E-state index in [1.54, 1.807) is 0 Å². The second kappa shape index (κ2) is 5.67. The number of hydrogen-bond donors (Lipinski definition) is 1. The minimum atomic E-state index is 0.943. The van der Waals surface area contributed by atoms with Crippen molar-refractivity contribution in [3.05, 3.63) is 47.3 Å². The van der Waals surface area contributed by atoms with E-state index in [-0.39, 0.29) is 0 Å². The average molecular weight is 270 g/mol. The number of aromatic nitrogens is 2.